The fourth-order valence-electron chi connectivity index (χ4n) is 2.81. The second-order valence-corrected chi connectivity index (χ2v) is 5.58. The molecule has 1 aliphatic heterocycles. The summed E-state index contributed by atoms with van der Waals surface area (Å²) < 4.78 is 1.58. The summed E-state index contributed by atoms with van der Waals surface area (Å²) in [6.45, 7) is 1.75. The lowest BCUT2D eigenvalue weighted by atomic mass is 10.0. The molecule has 3 heterocycles. The molecule has 0 aromatic carbocycles. The van der Waals surface area contributed by atoms with Gasteiger partial charge in [-0.3, -0.25) is 9.78 Å². The van der Waals surface area contributed by atoms with Crippen LogP contribution in [0.5, 0.6) is 0 Å². The first-order valence-electron chi connectivity index (χ1n) is 7.44. The maximum Gasteiger partial charge on any atom is 0.266 e. The van der Waals surface area contributed by atoms with Crippen molar-refractivity contribution in [2.75, 3.05) is 13.6 Å². The van der Waals surface area contributed by atoms with E-state index < -0.39 is 0 Å². The fourth-order valence-corrected chi connectivity index (χ4v) is 2.81. The average Bonchev–Trinajstić information content (AvgIpc) is 2.52. The Morgan fingerprint density at radius 1 is 1.19 bits per heavy atom. The van der Waals surface area contributed by atoms with E-state index in [1.54, 1.807) is 23.0 Å². The first-order valence-corrected chi connectivity index (χ1v) is 7.44. The van der Waals surface area contributed by atoms with E-state index in [1.807, 2.05) is 18.2 Å². The van der Waals surface area contributed by atoms with Gasteiger partial charge in [-0.2, -0.15) is 5.10 Å². The summed E-state index contributed by atoms with van der Waals surface area (Å²) in [5.74, 6) is 0. The van der Waals surface area contributed by atoms with Crippen LogP contribution >= 0.6 is 0 Å². The highest BCUT2D eigenvalue weighted by atomic mass is 16.1. The lowest BCUT2D eigenvalue weighted by molar-refractivity contribution is 0.161. The van der Waals surface area contributed by atoms with Gasteiger partial charge in [-0.05, 0) is 44.6 Å². The van der Waals surface area contributed by atoms with E-state index in [0.717, 1.165) is 24.4 Å². The van der Waals surface area contributed by atoms with Crippen molar-refractivity contribution in [2.24, 2.45) is 0 Å². The van der Waals surface area contributed by atoms with E-state index in [2.05, 4.69) is 22.0 Å². The normalized spacial score (nSPS) is 19.6. The summed E-state index contributed by atoms with van der Waals surface area (Å²) in [6, 6.07) is 9.42. The number of likely N-dealkylation sites (N-methyl/N-ethyl adjacent to an activating group) is 1. The molecule has 0 saturated carbocycles. The minimum atomic E-state index is -0.0475. The molecule has 3 rings (SSSR count). The Kier molecular flexibility index (Phi) is 4.10. The minimum Gasteiger partial charge on any atom is -0.302 e. The van der Waals surface area contributed by atoms with Crippen molar-refractivity contribution in [3.8, 4) is 11.4 Å². The molecule has 0 N–H and O–H groups in total. The van der Waals surface area contributed by atoms with Crippen LogP contribution in [0.4, 0.5) is 0 Å². The van der Waals surface area contributed by atoms with Crippen molar-refractivity contribution in [1.29, 1.82) is 0 Å². The van der Waals surface area contributed by atoms with Gasteiger partial charge in [0.1, 0.15) is 5.69 Å². The third-order valence-electron chi connectivity index (χ3n) is 4.10. The maximum absolute atomic E-state index is 12.0. The van der Waals surface area contributed by atoms with Crippen LogP contribution in [0, 0.1) is 0 Å². The summed E-state index contributed by atoms with van der Waals surface area (Å²) >= 11 is 0. The molecule has 0 spiro atoms. The molecule has 0 amide bonds. The Hall–Kier alpha value is -2.01. The number of hydrogen-bond acceptors (Lipinski definition) is 4. The van der Waals surface area contributed by atoms with Gasteiger partial charge >= 0.3 is 0 Å². The lowest BCUT2D eigenvalue weighted by Gasteiger charge is -2.32. The first kappa shape index (κ1) is 13.9. The molecule has 5 nitrogen and oxygen atoms in total. The number of likely N-dealkylation sites (tertiary alicyclic amines) is 1. The van der Waals surface area contributed by atoms with Crippen LogP contribution in [-0.2, 0) is 6.54 Å². The van der Waals surface area contributed by atoms with Gasteiger partial charge in [-0.25, -0.2) is 4.68 Å². The third-order valence-corrected chi connectivity index (χ3v) is 4.10. The van der Waals surface area contributed by atoms with Crippen molar-refractivity contribution >= 4 is 0 Å². The van der Waals surface area contributed by atoms with Gasteiger partial charge in [-0.15, -0.1) is 0 Å². The molecule has 0 bridgehead atoms. The zero-order valence-electron chi connectivity index (χ0n) is 12.3. The van der Waals surface area contributed by atoms with Crippen molar-refractivity contribution < 1.29 is 0 Å². The van der Waals surface area contributed by atoms with E-state index in [9.17, 15) is 4.79 Å². The molecule has 1 atom stereocenters. The Balaban J connectivity index is 1.86. The van der Waals surface area contributed by atoms with Crippen molar-refractivity contribution in [2.45, 2.75) is 31.8 Å². The largest absolute Gasteiger partial charge is 0.302 e. The molecule has 1 fully saturated rings. The van der Waals surface area contributed by atoms with Gasteiger partial charge in [0.25, 0.3) is 5.56 Å². The van der Waals surface area contributed by atoms with Gasteiger partial charge in [0.15, 0.2) is 0 Å². The molecule has 1 aliphatic rings. The van der Waals surface area contributed by atoms with Gasteiger partial charge in [0.2, 0.25) is 0 Å². The summed E-state index contributed by atoms with van der Waals surface area (Å²) in [5, 5.41) is 4.49. The van der Waals surface area contributed by atoms with Crippen molar-refractivity contribution in [1.82, 2.24) is 19.7 Å². The average molecular weight is 284 g/mol. The molecule has 0 radical (unpaired) electrons. The fraction of sp³-hybridized carbons (Fsp3) is 0.438. The van der Waals surface area contributed by atoms with Crippen LogP contribution in [0.25, 0.3) is 11.4 Å². The van der Waals surface area contributed by atoms with Crippen LogP contribution < -0.4 is 5.56 Å². The van der Waals surface area contributed by atoms with Crippen molar-refractivity contribution in [3.63, 3.8) is 0 Å². The molecule has 21 heavy (non-hydrogen) atoms. The van der Waals surface area contributed by atoms with E-state index in [0.29, 0.717) is 12.6 Å². The SMILES string of the molecule is CN1CCCCC1Cn1nc(-c2ccccn2)ccc1=O. The Labute approximate surface area is 124 Å². The van der Waals surface area contributed by atoms with E-state index in [4.69, 9.17) is 0 Å². The number of rotatable bonds is 3. The molecular formula is C16H20N4O. The standard InChI is InChI=1S/C16H20N4O/c1-19-11-5-3-6-13(19)12-20-16(21)9-8-15(18-20)14-7-2-4-10-17-14/h2,4,7-10,13H,3,5-6,11-12H2,1H3. The molecular weight excluding hydrogens is 264 g/mol. The second kappa shape index (κ2) is 6.18. The first-order chi connectivity index (χ1) is 10.2. The van der Waals surface area contributed by atoms with Crippen LogP contribution in [0.2, 0.25) is 0 Å². The van der Waals surface area contributed by atoms with Crippen LogP contribution in [0.15, 0.2) is 41.3 Å². The van der Waals surface area contributed by atoms with Crippen molar-refractivity contribution in [3.05, 3.63) is 46.9 Å². The Morgan fingerprint density at radius 2 is 2.10 bits per heavy atom. The number of piperidine rings is 1. The number of aromatic nitrogens is 3. The van der Waals surface area contributed by atoms with Gasteiger partial charge in [0.05, 0.1) is 12.2 Å². The smallest absolute Gasteiger partial charge is 0.266 e. The quantitative estimate of drug-likeness (QED) is 0.862. The summed E-state index contributed by atoms with van der Waals surface area (Å²) in [5.41, 5.74) is 1.49. The summed E-state index contributed by atoms with van der Waals surface area (Å²) in [6.07, 6.45) is 5.33. The predicted molar refractivity (Wildman–Crippen MR) is 82.0 cm³/mol. The highest BCUT2D eigenvalue weighted by Crippen LogP contribution is 2.16. The summed E-state index contributed by atoms with van der Waals surface area (Å²) in [7, 11) is 2.12. The molecule has 2 aromatic rings. The van der Waals surface area contributed by atoms with E-state index in [-0.39, 0.29) is 5.56 Å². The number of nitrogens with zero attached hydrogens (tertiary/aromatic N) is 4. The summed E-state index contributed by atoms with van der Waals surface area (Å²) in [4.78, 5) is 18.7. The van der Waals surface area contributed by atoms with E-state index in [1.165, 1.54) is 12.8 Å². The van der Waals surface area contributed by atoms with Gasteiger partial charge in [-0.1, -0.05) is 12.5 Å². The Bertz CT molecular complexity index is 653. The van der Waals surface area contributed by atoms with Crippen LogP contribution in [0.3, 0.4) is 0 Å². The second-order valence-electron chi connectivity index (χ2n) is 5.58. The Morgan fingerprint density at radius 3 is 2.86 bits per heavy atom. The highest BCUT2D eigenvalue weighted by molar-refractivity contribution is 5.52. The third kappa shape index (κ3) is 3.19. The molecule has 1 saturated heterocycles. The van der Waals surface area contributed by atoms with Gasteiger partial charge in [0, 0.05) is 18.3 Å². The molecule has 0 aliphatic carbocycles. The molecule has 5 heteroatoms. The topological polar surface area (TPSA) is 51.0 Å². The monoisotopic (exact) mass is 284 g/mol. The predicted octanol–water partition coefficient (Wildman–Crippen LogP) is 1.79. The van der Waals surface area contributed by atoms with Gasteiger partial charge < -0.3 is 4.90 Å². The lowest BCUT2D eigenvalue weighted by Crippen LogP contribution is -2.41. The highest BCUT2D eigenvalue weighted by Gasteiger charge is 2.20. The number of hydrogen-bond donors (Lipinski definition) is 0. The number of pyridine rings is 1. The van der Waals surface area contributed by atoms with Crippen LogP contribution in [0.1, 0.15) is 19.3 Å². The maximum atomic E-state index is 12.0. The zero-order valence-corrected chi connectivity index (χ0v) is 12.3. The molecule has 2 aromatic heterocycles. The van der Waals surface area contributed by atoms with E-state index >= 15 is 0 Å². The minimum absolute atomic E-state index is 0.0475. The molecule has 1 unspecified atom stereocenters. The molecule has 110 valence electrons. The zero-order chi connectivity index (χ0) is 14.7. The van der Waals surface area contributed by atoms with Crippen LogP contribution in [-0.4, -0.2) is 39.3 Å².